The summed E-state index contributed by atoms with van der Waals surface area (Å²) in [5, 5.41) is 11.5. The summed E-state index contributed by atoms with van der Waals surface area (Å²) in [6.07, 6.45) is 1.72. The Morgan fingerprint density at radius 3 is 2.53 bits per heavy atom. The molecule has 0 aromatic carbocycles. The van der Waals surface area contributed by atoms with E-state index in [1.54, 1.807) is 13.0 Å². The van der Waals surface area contributed by atoms with Crippen molar-refractivity contribution in [2.24, 2.45) is 5.92 Å². The second-order valence-electron chi connectivity index (χ2n) is 4.44. The Labute approximate surface area is 99.8 Å². The van der Waals surface area contributed by atoms with E-state index in [1.165, 1.54) is 6.26 Å². The lowest BCUT2D eigenvalue weighted by molar-refractivity contribution is -0.139. The van der Waals surface area contributed by atoms with Gasteiger partial charge in [-0.25, -0.2) is 4.79 Å². The summed E-state index contributed by atoms with van der Waals surface area (Å²) in [4.78, 5) is 22.7. The fourth-order valence-electron chi connectivity index (χ4n) is 1.50. The Balaban J connectivity index is 2.67. The van der Waals surface area contributed by atoms with Gasteiger partial charge in [-0.15, -0.1) is 0 Å². The quantitative estimate of drug-likeness (QED) is 0.821. The summed E-state index contributed by atoms with van der Waals surface area (Å²) >= 11 is 0. The van der Waals surface area contributed by atoms with E-state index in [-0.39, 0.29) is 5.92 Å². The van der Waals surface area contributed by atoms with Gasteiger partial charge >= 0.3 is 5.97 Å². The average Bonchev–Trinajstić information content (AvgIpc) is 2.63. The molecule has 1 aromatic heterocycles. The summed E-state index contributed by atoms with van der Waals surface area (Å²) in [5.41, 5.74) is 0.345. The van der Waals surface area contributed by atoms with Gasteiger partial charge in [0.2, 0.25) is 0 Å². The fourth-order valence-corrected chi connectivity index (χ4v) is 1.50. The number of carboxylic acid groups (broad SMARTS) is 1. The van der Waals surface area contributed by atoms with Crippen LogP contribution in [0.3, 0.4) is 0 Å². The third kappa shape index (κ3) is 3.94. The molecule has 0 aliphatic rings. The molecule has 17 heavy (non-hydrogen) atoms. The molecule has 1 amide bonds. The van der Waals surface area contributed by atoms with Crippen molar-refractivity contribution < 1.29 is 19.1 Å². The summed E-state index contributed by atoms with van der Waals surface area (Å²) in [5.74, 6) is -0.629. The minimum absolute atomic E-state index is 0.197. The predicted octanol–water partition coefficient (Wildman–Crippen LogP) is 1.82. The van der Waals surface area contributed by atoms with Crippen LogP contribution >= 0.6 is 0 Å². The minimum atomic E-state index is -1.02. The number of aryl methyl sites for hydroxylation is 1. The zero-order valence-corrected chi connectivity index (χ0v) is 10.2. The third-order valence-corrected chi connectivity index (χ3v) is 2.30. The molecule has 0 saturated carbocycles. The van der Waals surface area contributed by atoms with Crippen LogP contribution in [0.1, 0.15) is 36.4 Å². The molecule has 0 aliphatic heterocycles. The summed E-state index contributed by atoms with van der Waals surface area (Å²) < 4.78 is 5.00. The van der Waals surface area contributed by atoms with Crippen molar-refractivity contribution in [1.29, 1.82) is 0 Å². The maximum absolute atomic E-state index is 11.7. The zero-order chi connectivity index (χ0) is 13.0. The Bertz CT molecular complexity index is 408. The first-order valence-corrected chi connectivity index (χ1v) is 5.49. The number of nitrogens with one attached hydrogen (secondary N) is 1. The van der Waals surface area contributed by atoms with Crippen molar-refractivity contribution in [1.82, 2.24) is 5.32 Å². The molecule has 1 heterocycles. The third-order valence-electron chi connectivity index (χ3n) is 2.30. The van der Waals surface area contributed by atoms with E-state index in [4.69, 9.17) is 9.52 Å². The molecule has 0 aliphatic carbocycles. The van der Waals surface area contributed by atoms with E-state index >= 15 is 0 Å². The first kappa shape index (κ1) is 13.3. The molecule has 0 fully saturated rings. The van der Waals surface area contributed by atoms with Gasteiger partial charge in [0.15, 0.2) is 0 Å². The van der Waals surface area contributed by atoms with Crippen LogP contribution in [0.15, 0.2) is 16.7 Å². The molecule has 94 valence electrons. The Morgan fingerprint density at radius 2 is 2.12 bits per heavy atom. The summed E-state index contributed by atoms with van der Waals surface area (Å²) in [7, 11) is 0. The zero-order valence-electron chi connectivity index (χ0n) is 10.2. The van der Waals surface area contributed by atoms with Crippen molar-refractivity contribution in [2.75, 3.05) is 0 Å². The maximum atomic E-state index is 11.7. The first-order chi connectivity index (χ1) is 7.90. The Hall–Kier alpha value is -1.78. The molecule has 0 bridgehead atoms. The van der Waals surface area contributed by atoms with Crippen molar-refractivity contribution in [3.05, 3.63) is 23.7 Å². The molecule has 1 aromatic rings. The average molecular weight is 239 g/mol. The van der Waals surface area contributed by atoms with Crippen molar-refractivity contribution >= 4 is 11.9 Å². The van der Waals surface area contributed by atoms with Gasteiger partial charge in [-0.05, 0) is 25.3 Å². The van der Waals surface area contributed by atoms with Crippen LogP contribution < -0.4 is 5.32 Å². The highest BCUT2D eigenvalue weighted by atomic mass is 16.4. The Kier molecular flexibility index (Phi) is 4.31. The predicted molar refractivity (Wildman–Crippen MR) is 61.8 cm³/mol. The molecule has 0 saturated heterocycles. The standard InChI is InChI=1S/C12H17NO4/c1-7(2)4-10(12(15)16)13-11(14)9-5-8(3)17-6-9/h5-7,10H,4H2,1-3H3,(H,13,14)(H,15,16)/t10-/m1/s1. The second-order valence-corrected chi connectivity index (χ2v) is 4.44. The summed E-state index contributed by atoms with van der Waals surface area (Å²) in [6, 6.07) is 0.710. The van der Waals surface area contributed by atoms with Gasteiger partial charge < -0.3 is 14.8 Å². The monoisotopic (exact) mass is 239 g/mol. The first-order valence-electron chi connectivity index (χ1n) is 5.49. The van der Waals surface area contributed by atoms with Gasteiger partial charge in [0.1, 0.15) is 18.1 Å². The highest BCUT2D eigenvalue weighted by molar-refractivity contribution is 5.96. The van der Waals surface area contributed by atoms with E-state index in [2.05, 4.69) is 5.32 Å². The number of furan rings is 1. The van der Waals surface area contributed by atoms with Gasteiger partial charge in [-0.2, -0.15) is 0 Å². The highest BCUT2D eigenvalue weighted by Crippen LogP contribution is 2.09. The number of carbonyl (C=O) groups is 2. The molecule has 0 unspecified atom stereocenters. The van der Waals surface area contributed by atoms with Crippen LogP contribution in [0.4, 0.5) is 0 Å². The van der Waals surface area contributed by atoms with Gasteiger partial charge in [0, 0.05) is 0 Å². The molecule has 5 nitrogen and oxygen atoms in total. The van der Waals surface area contributed by atoms with E-state index in [0.717, 1.165) is 0 Å². The molecule has 0 radical (unpaired) electrons. The lowest BCUT2D eigenvalue weighted by atomic mass is 10.0. The molecule has 1 atom stereocenters. The number of carboxylic acids is 1. The minimum Gasteiger partial charge on any atom is -0.480 e. The number of hydrogen-bond donors (Lipinski definition) is 2. The van der Waals surface area contributed by atoms with E-state index in [0.29, 0.717) is 17.7 Å². The molecule has 0 spiro atoms. The lowest BCUT2D eigenvalue weighted by Crippen LogP contribution is -2.41. The maximum Gasteiger partial charge on any atom is 0.326 e. The fraction of sp³-hybridized carbons (Fsp3) is 0.500. The van der Waals surface area contributed by atoms with Gasteiger partial charge in [-0.3, -0.25) is 4.79 Å². The van der Waals surface area contributed by atoms with Crippen molar-refractivity contribution in [3.63, 3.8) is 0 Å². The smallest absolute Gasteiger partial charge is 0.326 e. The summed E-state index contributed by atoms with van der Waals surface area (Å²) in [6.45, 7) is 5.54. The van der Waals surface area contributed by atoms with Crippen LogP contribution in [-0.4, -0.2) is 23.0 Å². The lowest BCUT2D eigenvalue weighted by Gasteiger charge is -2.15. The largest absolute Gasteiger partial charge is 0.480 e. The van der Waals surface area contributed by atoms with Crippen LogP contribution in [-0.2, 0) is 4.79 Å². The van der Waals surface area contributed by atoms with E-state index in [1.807, 2.05) is 13.8 Å². The molecular weight excluding hydrogens is 222 g/mol. The highest BCUT2D eigenvalue weighted by Gasteiger charge is 2.22. The number of carbonyl (C=O) groups excluding carboxylic acids is 1. The van der Waals surface area contributed by atoms with Crippen molar-refractivity contribution in [2.45, 2.75) is 33.2 Å². The van der Waals surface area contributed by atoms with Crippen LogP contribution in [0.25, 0.3) is 0 Å². The number of amides is 1. The Morgan fingerprint density at radius 1 is 1.47 bits per heavy atom. The molecular formula is C12H17NO4. The van der Waals surface area contributed by atoms with E-state index < -0.39 is 17.9 Å². The molecule has 5 heteroatoms. The molecule has 2 N–H and O–H groups in total. The van der Waals surface area contributed by atoms with Gasteiger partial charge in [0.05, 0.1) is 5.56 Å². The van der Waals surface area contributed by atoms with Crippen LogP contribution in [0.2, 0.25) is 0 Å². The second kappa shape index (κ2) is 5.52. The topological polar surface area (TPSA) is 79.5 Å². The SMILES string of the molecule is Cc1cc(C(=O)N[C@H](CC(C)C)C(=O)O)co1. The number of hydrogen-bond acceptors (Lipinski definition) is 3. The van der Waals surface area contributed by atoms with Crippen molar-refractivity contribution in [3.8, 4) is 0 Å². The number of aliphatic carboxylic acids is 1. The normalized spacial score (nSPS) is 12.5. The van der Waals surface area contributed by atoms with Gasteiger partial charge in [-0.1, -0.05) is 13.8 Å². The molecule has 1 rings (SSSR count). The van der Waals surface area contributed by atoms with E-state index in [9.17, 15) is 9.59 Å². The van der Waals surface area contributed by atoms with Gasteiger partial charge in [0.25, 0.3) is 5.91 Å². The van der Waals surface area contributed by atoms with Crippen LogP contribution in [0.5, 0.6) is 0 Å². The number of rotatable bonds is 5. The van der Waals surface area contributed by atoms with Crippen LogP contribution in [0, 0.1) is 12.8 Å².